The van der Waals surface area contributed by atoms with Gasteiger partial charge in [-0.1, -0.05) is 19.1 Å². The van der Waals surface area contributed by atoms with Crippen molar-refractivity contribution in [3.8, 4) is 0 Å². The topological polar surface area (TPSA) is 37.4 Å². The third-order valence-electron chi connectivity index (χ3n) is 2.54. The van der Waals surface area contributed by atoms with Gasteiger partial charge in [0.15, 0.2) is 0 Å². The molecule has 96 valence electrons. The van der Waals surface area contributed by atoms with Gasteiger partial charge in [-0.05, 0) is 30.5 Å². The average Bonchev–Trinajstić information content (AvgIpc) is 2.27. The third-order valence-corrected chi connectivity index (χ3v) is 5.10. The molecule has 0 aliphatic rings. The Bertz CT molecular complexity index is 473. The highest BCUT2D eigenvalue weighted by molar-refractivity contribution is 7.92. The van der Waals surface area contributed by atoms with Crippen molar-refractivity contribution in [2.45, 2.75) is 13.8 Å². The summed E-state index contributed by atoms with van der Waals surface area (Å²) in [6, 6.07) is 7.42. The van der Waals surface area contributed by atoms with E-state index in [2.05, 4.69) is 0 Å². The van der Waals surface area contributed by atoms with Gasteiger partial charge in [-0.25, -0.2) is 8.42 Å². The van der Waals surface area contributed by atoms with Crippen LogP contribution in [-0.2, 0) is 10.0 Å². The standard InChI is InChI=1S/C12H18ClNO2S/c1-10-5-4-6-12(7-10)14(3)17(15,16)9-11(2)8-13/h4-7,11H,8-9H2,1-3H3. The first-order chi connectivity index (χ1) is 7.86. The molecule has 0 spiro atoms. The quantitative estimate of drug-likeness (QED) is 0.775. The smallest absolute Gasteiger partial charge is 0.235 e. The van der Waals surface area contributed by atoms with Gasteiger partial charge in [-0.2, -0.15) is 0 Å². The fourth-order valence-electron chi connectivity index (χ4n) is 1.50. The first-order valence-electron chi connectivity index (χ1n) is 5.46. The Morgan fingerprint density at radius 2 is 2.06 bits per heavy atom. The van der Waals surface area contributed by atoms with Crippen molar-refractivity contribution in [2.75, 3.05) is 23.0 Å². The van der Waals surface area contributed by atoms with Gasteiger partial charge in [0.05, 0.1) is 11.4 Å². The van der Waals surface area contributed by atoms with E-state index in [-0.39, 0.29) is 11.7 Å². The Morgan fingerprint density at radius 3 is 2.59 bits per heavy atom. The Kier molecular flexibility index (Phi) is 4.83. The fourth-order valence-corrected chi connectivity index (χ4v) is 3.23. The zero-order valence-corrected chi connectivity index (χ0v) is 11.9. The minimum atomic E-state index is -3.29. The molecule has 0 N–H and O–H groups in total. The molecule has 0 bridgehead atoms. The van der Waals surface area contributed by atoms with Crippen LogP contribution in [0.1, 0.15) is 12.5 Å². The van der Waals surface area contributed by atoms with Crippen LogP contribution in [0.15, 0.2) is 24.3 Å². The van der Waals surface area contributed by atoms with Gasteiger partial charge >= 0.3 is 0 Å². The second-order valence-electron chi connectivity index (χ2n) is 4.34. The maximum Gasteiger partial charge on any atom is 0.235 e. The normalized spacial score (nSPS) is 13.4. The van der Waals surface area contributed by atoms with Gasteiger partial charge < -0.3 is 0 Å². The van der Waals surface area contributed by atoms with Crippen LogP contribution in [0.2, 0.25) is 0 Å². The highest BCUT2D eigenvalue weighted by Gasteiger charge is 2.21. The van der Waals surface area contributed by atoms with Crippen LogP contribution in [0.3, 0.4) is 0 Å². The van der Waals surface area contributed by atoms with Crippen LogP contribution in [0, 0.1) is 12.8 Å². The summed E-state index contributed by atoms with van der Waals surface area (Å²) < 4.78 is 25.5. The molecule has 0 aliphatic carbocycles. The van der Waals surface area contributed by atoms with E-state index >= 15 is 0 Å². The number of nitrogens with zero attached hydrogens (tertiary/aromatic N) is 1. The number of sulfonamides is 1. The minimum Gasteiger partial charge on any atom is -0.273 e. The Labute approximate surface area is 108 Å². The van der Waals surface area contributed by atoms with Gasteiger partial charge in [-0.15, -0.1) is 11.6 Å². The van der Waals surface area contributed by atoms with E-state index in [9.17, 15) is 8.42 Å². The summed E-state index contributed by atoms with van der Waals surface area (Å²) in [5.41, 5.74) is 1.72. The lowest BCUT2D eigenvalue weighted by molar-refractivity contribution is 0.581. The second kappa shape index (κ2) is 5.74. The van der Waals surface area contributed by atoms with Crippen LogP contribution >= 0.6 is 11.6 Å². The maximum absolute atomic E-state index is 12.1. The van der Waals surface area contributed by atoms with E-state index in [4.69, 9.17) is 11.6 Å². The Balaban J connectivity index is 2.92. The number of alkyl halides is 1. The molecule has 0 saturated heterocycles. The van der Waals surface area contributed by atoms with E-state index in [0.29, 0.717) is 11.6 Å². The molecule has 0 heterocycles. The number of anilines is 1. The number of benzene rings is 1. The Hall–Kier alpha value is -0.740. The van der Waals surface area contributed by atoms with Crippen LogP contribution in [0.4, 0.5) is 5.69 Å². The summed E-state index contributed by atoms with van der Waals surface area (Å²) in [4.78, 5) is 0. The van der Waals surface area contributed by atoms with Crippen molar-refractivity contribution in [3.05, 3.63) is 29.8 Å². The number of aryl methyl sites for hydroxylation is 1. The van der Waals surface area contributed by atoms with Gasteiger partial charge in [0.25, 0.3) is 0 Å². The lowest BCUT2D eigenvalue weighted by Crippen LogP contribution is -2.31. The summed E-state index contributed by atoms with van der Waals surface area (Å²) in [6.07, 6.45) is 0. The van der Waals surface area contributed by atoms with E-state index in [0.717, 1.165) is 5.56 Å². The minimum absolute atomic E-state index is 0.0473. The molecule has 0 radical (unpaired) electrons. The summed E-state index contributed by atoms with van der Waals surface area (Å²) in [5.74, 6) is 0.371. The van der Waals surface area contributed by atoms with E-state index in [1.165, 1.54) is 4.31 Å². The molecule has 1 unspecified atom stereocenters. The molecular formula is C12H18ClNO2S. The van der Waals surface area contributed by atoms with Gasteiger partial charge in [0, 0.05) is 12.9 Å². The largest absolute Gasteiger partial charge is 0.273 e. The molecule has 1 rings (SSSR count). The van der Waals surface area contributed by atoms with E-state index in [1.807, 2.05) is 32.0 Å². The molecule has 0 fully saturated rings. The van der Waals surface area contributed by atoms with Crippen molar-refractivity contribution in [1.82, 2.24) is 0 Å². The molecule has 1 aromatic rings. The lowest BCUT2D eigenvalue weighted by atomic mass is 10.2. The molecule has 5 heteroatoms. The number of rotatable bonds is 5. The average molecular weight is 276 g/mol. The molecular weight excluding hydrogens is 258 g/mol. The zero-order valence-electron chi connectivity index (χ0n) is 10.4. The molecule has 0 aliphatic heterocycles. The highest BCUT2D eigenvalue weighted by atomic mass is 35.5. The molecule has 17 heavy (non-hydrogen) atoms. The fraction of sp³-hybridized carbons (Fsp3) is 0.500. The van der Waals surface area contributed by atoms with Crippen molar-refractivity contribution < 1.29 is 8.42 Å². The number of hydrogen-bond donors (Lipinski definition) is 0. The van der Waals surface area contributed by atoms with Gasteiger partial charge in [-0.3, -0.25) is 4.31 Å². The van der Waals surface area contributed by atoms with Crippen LogP contribution < -0.4 is 4.31 Å². The molecule has 0 saturated carbocycles. The summed E-state index contributed by atoms with van der Waals surface area (Å²) >= 11 is 5.65. The monoisotopic (exact) mass is 275 g/mol. The van der Waals surface area contributed by atoms with Crippen molar-refractivity contribution in [2.24, 2.45) is 5.92 Å². The third kappa shape index (κ3) is 3.89. The van der Waals surface area contributed by atoms with Gasteiger partial charge in [0.1, 0.15) is 0 Å². The highest BCUT2D eigenvalue weighted by Crippen LogP contribution is 2.19. The molecule has 1 atom stereocenters. The maximum atomic E-state index is 12.1. The summed E-state index contributed by atoms with van der Waals surface area (Å²) in [6.45, 7) is 3.76. The molecule has 0 amide bonds. The zero-order chi connectivity index (χ0) is 13.1. The Morgan fingerprint density at radius 1 is 1.41 bits per heavy atom. The van der Waals surface area contributed by atoms with Crippen LogP contribution in [-0.4, -0.2) is 27.1 Å². The first-order valence-corrected chi connectivity index (χ1v) is 7.60. The lowest BCUT2D eigenvalue weighted by Gasteiger charge is -2.21. The van der Waals surface area contributed by atoms with Crippen molar-refractivity contribution in [1.29, 1.82) is 0 Å². The number of halogens is 1. The van der Waals surface area contributed by atoms with E-state index < -0.39 is 10.0 Å². The summed E-state index contributed by atoms with van der Waals surface area (Å²) in [7, 11) is -1.72. The first kappa shape index (κ1) is 14.3. The number of hydrogen-bond acceptors (Lipinski definition) is 2. The van der Waals surface area contributed by atoms with Gasteiger partial charge in [0.2, 0.25) is 10.0 Å². The molecule has 1 aromatic carbocycles. The predicted octanol–water partition coefficient (Wildman–Crippen LogP) is 2.64. The van der Waals surface area contributed by atoms with Crippen molar-refractivity contribution in [3.63, 3.8) is 0 Å². The summed E-state index contributed by atoms with van der Waals surface area (Å²) in [5, 5.41) is 0. The van der Waals surface area contributed by atoms with Crippen molar-refractivity contribution >= 4 is 27.3 Å². The SMILES string of the molecule is Cc1cccc(N(C)S(=O)(=O)CC(C)CCl)c1. The van der Waals surface area contributed by atoms with Crippen LogP contribution in [0.5, 0.6) is 0 Å². The predicted molar refractivity (Wildman–Crippen MR) is 73.3 cm³/mol. The van der Waals surface area contributed by atoms with E-state index in [1.54, 1.807) is 13.1 Å². The molecule has 3 nitrogen and oxygen atoms in total. The molecule has 0 aromatic heterocycles. The van der Waals surface area contributed by atoms with Crippen LogP contribution in [0.25, 0.3) is 0 Å². The second-order valence-corrected chi connectivity index (χ2v) is 6.70.